The first-order chi connectivity index (χ1) is 7.15. The summed E-state index contributed by atoms with van der Waals surface area (Å²) in [7, 11) is 1.96. The fourth-order valence-electron chi connectivity index (χ4n) is 2.25. The van der Waals surface area contributed by atoms with E-state index in [9.17, 15) is 0 Å². The van der Waals surface area contributed by atoms with Gasteiger partial charge in [0, 0.05) is 37.9 Å². The van der Waals surface area contributed by atoms with Crippen LogP contribution in [0.3, 0.4) is 0 Å². The van der Waals surface area contributed by atoms with Gasteiger partial charge in [0.15, 0.2) is 0 Å². The summed E-state index contributed by atoms with van der Waals surface area (Å²) < 4.78 is 1.86. The van der Waals surface area contributed by atoms with Crippen LogP contribution in [0.2, 0.25) is 0 Å². The summed E-state index contributed by atoms with van der Waals surface area (Å²) in [5.41, 5.74) is 7.21. The van der Waals surface area contributed by atoms with Crippen molar-refractivity contribution in [3.63, 3.8) is 0 Å². The van der Waals surface area contributed by atoms with Crippen molar-refractivity contribution >= 4 is 0 Å². The fraction of sp³-hybridized carbons (Fsp3) is 0.727. The van der Waals surface area contributed by atoms with Crippen LogP contribution in [0.15, 0.2) is 12.4 Å². The molecule has 0 saturated carbocycles. The minimum Gasteiger partial charge on any atom is -0.328 e. The van der Waals surface area contributed by atoms with Gasteiger partial charge in [-0.05, 0) is 25.8 Å². The summed E-state index contributed by atoms with van der Waals surface area (Å²) in [6.07, 6.45) is 5.26. The second kappa shape index (κ2) is 4.33. The molecule has 1 aromatic heterocycles. The lowest BCUT2D eigenvalue weighted by molar-refractivity contribution is 0.308. The molecule has 0 bridgehead atoms. The number of likely N-dealkylation sites (tertiary alicyclic amines) is 1. The Morgan fingerprint density at radius 1 is 1.67 bits per heavy atom. The normalized spacial score (nSPS) is 24.6. The molecule has 2 unspecified atom stereocenters. The van der Waals surface area contributed by atoms with Crippen LogP contribution in [0, 0.1) is 5.92 Å². The molecule has 2 rings (SSSR count). The van der Waals surface area contributed by atoms with Crippen molar-refractivity contribution in [1.82, 2.24) is 14.7 Å². The van der Waals surface area contributed by atoms with Crippen LogP contribution in [-0.2, 0) is 13.6 Å². The monoisotopic (exact) mass is 208 g/mol. The third kappa shape index (κ3) is 2.58. The van der Waals surface area contributed by atoms with Gasteiger partial charge in [-0.3, -0.25) is 9.58 Å². The van der Waals surface area contributed by atoms with E-state index in [-0.39, 0.29) is 0 Å². The number of hydrogen-bond acceptors (Lipinski definition) is 3. The Morgan fingerprint density at radius 3 is 3.00 bits per heavy atom. The molecule has 1 aromatic rings. The molecule has 1 aliphatic rings. The van der Waals surface area contributed by atoms with E-state index in [1.807, 2.05) is 17.9 Å². The largest absolute Gasteiger partial charge is 0.328 e. The van der Waals surface area contributed by atoms with Crippen molar-refractivity contribution < 1.29 is 0 Å². The zero-order valence-electron chi connectivity index (χ0n) is 9.56. The van der Waals surface area contributed by atoms with Gasteiger partial charge >= 0.3 is 0 Å². The summed E-state index contributed by atoms with van der Waals surface area (Å²) in [5.74, 6) is 0.668. The predicted octanol–water partition coefficient (Wildman–Crippen LogP) is 0.589. The molecular weight excluding hydrogens is 188 g/mol. The zero-order chi connectivity index (χ0) is 10.8. The van der Waals surface area contributed by atoms with E-state index in [1.54, 1.807) is 0 Å². The van der Waals surface area contributed by atoms with Gasteiger partial charge in [-0.25, -0.2) is 0 Å². The Bertz CT molecular complexity index is 318. The van der Waals surface area contributed by atoms with E-state index < -0.39 is 0 Å². The molecule has 1 fully saturated rings. The quantitative estimate of drug-likeness (QED) is 0.791. The summed E-state index contributed by atoms with van der Waals surface area (Å²) in [6, 6.07) is 0.323. The Balaban J connectivity index is 1.87. The third-order valence-corrected chi connectivity index (χ3v) is 3.22. The van der Waals surface area contributed by atoms with Crippen molar-refractivity contribution in [2.45, 2.75) is 25.9 Å². The number of aromatic nitrogens is 2. The highest BCUT2D eigenvalue weighted by atomic mass is 15.2. The average molecular weight is 208 g/mol. The second-order valence-electron chi connectivity index (χ2n) is 4.67. The number of rotatable bonds is 3. The van der Waals surface area contributed by atoms with Crippen LogP contribution in [0.5, 0.6) is 0 Å². The predicted molar refractivity (Wildman–Crippen MR) is 60.2 cm³/mol. The lowest BCUT2D eigenvalue weighted by Crippen LogP contribution is -2.29. The summed E-state index contributed by atoms with van der Waals surface area (Å²) >= 11 is 0. The first-order valence-electron chi connectivity index (χ1n) is 5.60. The molecule has 0 aromatic carbocycles. The van der Waals surface area contributed by atoms with Crippen molar-refractivity contribution in [2.75, 3.05) is 13.1 Å². The van der Waals surface area contributed by atoms with Gasteiger partial charge in [-0.1, -0.05) is 0 Å². The molecule has 4 heteroatoms. The van der Waals surface area contributed by atoms with E-state index in [2.05, 4.69) is 23.1 Å². The van der Waals surface area contributed by atoms with Gasteiger partial charge in [0.05, 0.1) is 6.20 Å². The molecule has 2 N–H and O–H groups in total. The Morgan fingerprint density at radius 2 is 2.47 bits per heavy atom. The Labute approximate surface area is 91.1 Å². The van der Waals surface area contributed by atoms with Crippen LogP contribution in [-0.4, -0.2) is 33.8 Å². The van der Waals surface area contributed by atoms with Gasteiger partial charge in [-0.15, -0.1) is 0 Å². The highest BCUT2D eigenvalue weighted by Crippen LogP contribution is 2.20. The van der Waals surface area contributed by atoms with E-state index >= 15 is 0 Å². The summed E-state index contributed by atoms with van der Waals surface area (Å²) in [6.45, 7) is 5.42. The first-order valence-corrected chi connectivity index (χ1v) is 5.60. The fourth-order valence-corrected chi connectivity index (χ4v) is 2.25. The Kier molecular flexibility index (Phi) is 3.07. The van der Waals surface area contributed by atoms with Crippen molar-refractivity contribution in [1.29, 1.82) is 0 Å². The van der Waals surface area contributed by atoms with Gasteiger partial charge in [-0.2, -0.15) is 5.10 Å². The lowest BCUT2D eigenvalue weighted by Gasteiger charge is -2.16. The van der Waals surface area contributed by atoms with Gasteiger partial charge in [0.1, 0.15) is 0 Å². The van der Waals surface area contributed by atoms with Crippen LogP contribution < -0.4 is 5.73 Å². The molecule has 2 heterocycles. The molecule has 2 atom stereocenters. The molecule has 0 aliphatic carbocycles. The molecule has 1 saturated heterocycles. The maximum atomic E-state index is 5.91. The first kappa shape index (κ1) is 10.6. The van der Waals surface area contributed by atoms with Crippen LogP contribution >= 0.6 is 0 Å². The van der Waals surface area contributed by atoms with Gasteiger partial charge in [0.2, 0.25) is 0 Å². The summed E-state index contributed by atoms with van der Waals surface area (Å²) in [4.78, 5) is 2.46. The molecular formula is C11H20N4. The van der Waals surface area contributed by atoms with Gasteiger partial charge in [0.25, 0.3) is 0 Å². The minimum atomic E-state index is 0.323. The van der Waals surface area contributed by atoms with E-state index in [4.69, 9.17) is 5.73 Å². The van der Waals surface area contributed by atoms with Crippen LogP contribution in [0.25, 0.3) is 0 Å². The van der Waals surface area contributed by atoms with Crippen LogP contribution in [0.4, 0.5) is 0 Å². The van der Waals surface area contributed by atoms with Crippen molar-refractivity contribution in [3.8, 4) is 0 Å². The smallest absolute Gasteiger partial charge is 0.0534 e. The Hall–Kier alpha value is -0.870. The number of aryl methyl sites for hydroxylation is 1. The van der Waals surface area contributed by atoms with Gasteiger partial charge < -0.3 is 5.73 Å². The third-order valence-electron chi connectivity index (χ3n) is 3.22. The molecule has 1 aliphatic heterocycles. The highest BCUT2D eigenvalue weighted by molar-refractivity contribution is 5.04. The minimum absolute atomic E-state index is 0.323. The lowest BCUT2D eigenvalue weighted by atomic mass is 10.0. The molecule has 84 valence electrons. The second-order valence-corrected chi connectivity index (χ2v) is 4.67. The van der Waals surface area contributed by atoms with Crippen LogP contribution in [0.1, 0.15) is 18.9 Å². The summed E-state index contributed by atoms with van der Waals surface area (Å²) in [5, 5.41) is 4.18. The number of nitrogens with zero attached hydrogens (tertiary/aromatic N) is 3. The number of hydrogen-bond donors (Lipinski definition) is 1. The molecule has 0 radical (unpaired) electrons. The van der Waals surface area contributed by atoms with E-state index in [1.165, 1.54) is 18.5 Å². The zero-order valence-corrected chi connectivity index (χ0v) is 9.56. The van der Waals surface area contributed by atoms with Crippen molar-refractivity contribution in [3.05, 3.63) is 18.0 Å². The van der Waals surface area contributed by atoms with E-state index in [0.29, 0.717) is 12.0 Å². The van der Waals surface area contributed by atoms with E-state index in [0.717, 1.165) is 13.1 Å². The van der Waals surface area contributed by atoms with Crippen molar-refractivity contribution in [2.24, 2.45) is 18.7 Å². The topological polar surface area (TPSA) is 47.1 Å². The SMILES string of the molecule is CC(N)C1CCN(Cc2cnn(C)c2)C1. The molecule has 4 nitrogen and oxygen atoms in total. The maximum absolute atomic E-state index is 5.91. The molecule has 0 spiro atoms. The maximum Gasteiger partial charge on any atom is 0.0534 e. The average Bonchev–Trinajstić information content (AvgIpc) is 2.76. The molecule has 15 heavy (non-hydrogen) atoms. The molecule has 0 amide bonds. The number of nitrogens with two attached hydrogens (primary N) is 1. The standard InChI is InChI=1S/C11H20N4/c1-9(12)11-3-4-15(8-11)7-10-5-13-14(2)6-10/h5-6,9,11H,3-4,7-8,12H2,1-2H3. The highest BCUT2D eigenvalue weighted by Gasteiger charge is 2.25.